The average Bonchev–Trinajstić information content (AvgIpc) is 2.71. The summed E-state index contributed by atoms with van der Waals surface area (Å²) in [6, 6.07) is 8.31. The fourth-order valence-corrected chi connectivity index (χ4v) is 3.17. The minimum Gasteiger partial charge on any atom is -0.292 e. The highest BCUT2D eigenvalue weighted by Crippen LogP contribution is 2.41. The first-order chi connectivity index (χ1) is 8.36. The van der Waals surface area contributed by atoms with Gasteiger partial charge in [-0.25, -0.2) is 0 Å². The van der Waals surface area contributed by atoms with E-state index in [1.807, 2.05) is 12.1 Å². The smallest absolute Gasteiger partial charge is 0.118 e. The van der Waals surface area contributed by atoms with E-state index in [-0.39, 0.29) is 11.5 Å². The highest BCUT2D eigenvalue weighted by Gasteiger charge is 2.40. The zero-order valence-electron chi connectivity index (χ0n) is 11.0. The molecule has 0 fully saturated rings. The Kier molecular flexibility index (Phi) is 3.77. The molecule has 18 heavy (non-hydrogen) atoms. The Bertz CT molecular complexity index is 462. The monoisotopic (exact) mass is 283 g/mol. The molecule has 98 valence electrons. The lowest BCUT2D eigenvalue weighted by Crippen LogP contribution is -2.54. The Morgan fingerprint density at radius 2 is 1.89 bits per heavy atom. The standard InChI is InChI=1S/C15H19Cl2N/c1-14(2,3)18-15(17,10-16)13-9-8-11-6-4-5-7-12(11)13/h4-9,13,18H,10H2,1-3H3. The number of nitrogens with one attached hydrogen (secondary N) is 1. The molecule has 0 amide bonds. The predicted octanol–water partition coefficient (Wildman–Crippen LogP) is 4.36. The molecule has 0 heterocycles. The normalized spacial score (nSPS) is 21.7. The molecule has 1 aromatic carbocycles. The first-order valence-corrected chi connectivity index (χ1v) is 7.08. The summed E-state index contributed by atoms with van der Waals surface area (Å²) in [5.41, 5.74) is 2.39. The van der Waals surface area contributed by atoms with E-state index < -0.39 is 5.00 Å². The average molecular weight is 284 g/mol. The number of fused-ring (bicyclic) bond motifs is 1. The second-order valence-corrected chi connectivity index (χ2v) is 6.78. The van der Waals surface area contributed by atoms with Crippen LogP contribution in [0.4, 0.5) is 0 Å². The first kappa shape index (κ1) is 13.9. The van der Waals surface area contributed by atoms with E-state index in [4.69, 9.17) is 23.2 Å². The van der Waals surface area contributed by atoms with Gasteiger partial charge in [0, 0.05) is 11.5 Å². The van der Waals surface area contributed by atoms with Gasteiger partial charge >= 0.3 is 0 Å². The summed E-state index contributed by atoms with van der Waals surface area (Å²) in [5.74, 6) is 0.460. The number of hydrogen-bond donors (Lipinski definition) is 1. The molecule has 1 aromatic rings. The van der Waals surface area contributed by atoms with Crippen LogP contribution in [-0.4, -0.2) is 16.4 Å². The topological polar surface area (TPSA) is 12.0 Å². The van der Waals surface area contributed by atoms with Gasteiger partial charge in [0.05, 0.1) is 5.88 Å². The third-order valence-electron chi connectivity index (χ3n) is 3.07. The van der Waals surface area contributed by atoms with E-state index >= 15 is 0 Å². The van der Waals surface area contributed by atoms with Crippen molar-refractivity contribution in [2.24, 2.45) is 0 Å². The van der Waals surface area contributed by atoms with Crippen LogP contribution in [-0.2, 0) is 0 Å². The molecule has 2 atom stereocenters. The third-order valence-corrected chi connectivity index (χ3v) is 4.09. The number of halogens is 2. The Balaban J connectivity index is 2.33. The van der Waals surface area contributed by atoms with Gasteiger partial charge in [-0.1, -0.05) is 48.0 Å². The summed E-state index contributed by atoms with van der Waals surface area (Å²) < 4.78 is 0. The Labute approximate surface area is 119 Å². The van der Waals surface area contributed by atoms with E-state index in [1.165, 1.54) is 11.1 Å². The molecule has 0 radical (unpaired) electrons. The molecule has 0 aliphatic heterocycles. The largest absolute Gasteiger partial charge is 0.292 e. The maximum Gasteiger partial charge on any atom is 0.118 e. The summed E-state index contributed by atoms with van der Waals surface area (Å²) in [7, 11) is 0. The van der Waals surface area contributed by atoms with Crippen LogP contribution in [0.3, 0.4) is 0 Å². The zero-order chi connectivity index (χ0) is 13.4. The summed E-state index contributed by atoms with van der Waals surface area (Å²) >= 11 is 12.9. The molecule has 2 rings (SSSR count). The van der Waals surface area contributed by atoms with Gasteiger partial charge in [-0.2, -0.15) is 0 Å². The maximum absolute atomic E-state index is 6.75. The molecular formula is C15H19Cl2N. The molecule has 0 spiro atoms. The van der Waals surface area contributed by atoms with Crippen molar-refractivity contribution in [1.29, 1.82) is 0 Å². The quantitative estimate of drug-likeness (QED) is 0.642. The van der Waals surface area contributed by atoms with Crippen LogP contribution in [0.5, 0.6) is 0 Å². The van der Waals surface area contributed by atoms with Gasteiger partial charge < -0.3 is 0 Å². The molecule has 0 aromatic heterocycles. The van der Waals surface area contributed by atoms with Gasteiger partial charge in [0.2, 0.25) is 0 Å². The van der Waals surface area contributed by atoms with E-state index in [0.29, 0.717) is 5.88 Å². The minimum atomic E-state index is -0.650. The molecule has 0 saturated carbocycles. The van der Waals surface area contributed by atoms with Crippen LogP contribution in [0, 0.1) is 0 Å². The molecule has 0 bridgehead atoms. The van der Waals surface area contributed by atoms with Crippen LogP contribution < -0.4 is 5.32 Å². The number of alkyl halides is 2. The molecule has 2 unspecified atom stereocenters. The van der Waals surface area contributed by atoms with Gasteiger partial charge in [0.15, 0.2) is 0 Å². The summed E-state index contributed by atoms with van der Waals surface area (Å²) in [4.78, 5) is -0.650. The Morgan fingerprint density at radius 3 is 2.50 bits per heavy atom. The second-order valence-electron chi connectivity index (χ2n) is 5.84. The lowest BCUT2D eigenvalue weighted by Gasteiger charge is -2.38. The predicted molar refractivity (Wildman–Crippen MR) is 80.4 cm³/mol. The summed E-state index contributed by atoms with van der Waals surface area (Å²) in [6.45, 7) is 6.30. The number of benzene rings is 1. The van der Waals surface area contributed by atoms with Crippen LogP contribution in [0.2, 0.25) is 0 Å². The zero-order valence-corrected chi connectivity index (χ0v) is 12.5. The number of hydrogen-bond acceptors (Lipinski definition) is 1. The molecular weight excluding hydrogens is 265 g/mol. The van der Waals surface area contributed by atoms with Gasteiger partial charge in [0.1, 0.15) is 5.00 Å². The molecule has 1 aliphatic rings. The molecule has 3 heteroatoms. The fraction of sp³-hybridized carbons (Fsp3) is 0.467. The van der Waals surface area contributed by atoms with Crippen molar-refractivity contribution in [2.45, 2.75) is 37.2 Å². The van der Waals surface area contributed by atoms with E-state index in [1.54, 1.807) is 0 Å². The van der Waals surface area contributed by atoms with Crippen LogP contribution in [0.25, 0.3) is 6.08 Å². The van der Waals surface area contributed by atoms with E-state index in [0.717, 1.165) is 0 Å². The lowest BCUT2D eigenvalue weighted by atomic mass is 9.91. The Hall–Kier alpha value is -0.500. The highest BCUT2D eigenvalue weighted by atomic mass is 35.5. The maximum atomic E-state index is 6.75. The molecule has 1 N–H and O–H groups in total. The molecule has 1 nitrogen and oxygen atoms in total. The second kappa shape index (κ2) is 4.88. The van der Waals surface area contributed by atoms with Crippen molar-refractivity contribution in [3.05, 3.63) is 41.5 Å². The van der Waals surface area contributed by atoms with Crippen molar-refractivity contribution in [2.75, 3.05) is 5.88 Å². The highest BCUT2D eigenvalue weighted by molar-refractivity contribution is 6.31. The minimum absolute atomic E-state index is 0.0813. The van der Waals surface area contributed by atoms with E-state index in [2.05, 4.69) is 50.4 Å². The Morgan fingerprint density at radius 1 is 1.22 bits per heavy atom. The summed E-state index contributed by atoms with van der Waals surface area (Å²) in [6.07, 6.45) is 4.26. The van der Waals surface area contributed by atoms with Gasteiger partial charge in [-0.3, -0.25) is 5.32 Å². The van der Waals surface area contributed by atoms with Crippen LogP contribution in [0.15, 0.2) is 30.3 Å². The van der Waals surface area contributed by atoms with E-state index in [9.17, 15) is 0 Å². The van der Waals surface area contributed by atoms with Gasteiger partial charge in [-0.05, 0) is 31.9 Å². The van der Waals surface area contributed by atoms with Crippen molar-refractivity contribution >= 4 is 29.3 Å². The van der Waals surface area contributed by atoms with Crippen LogP contribution >= 0.6 is 23.2 Å². The van der Waals surface area contributed by atoms with Crippen LogP contribution in [0.1, 0.15) is 37.8 Å². The van der Waals surface area contributed by atoms with Crippen molar-refractivity contribution in [3.63, 3.8) is 0 Å². The number of rotatable bonds is 3. The van der Waals surface area contributed by atoms with Crippen molar-refractivity contribution in [3.8, 4) is 0 Å². The van der Waals surface area contributed by atoms with Gasteiger partial charge in [0.25, 0.3) is 0 Å². The SMILES string of the molecule is CC(C)(C)NC(Cl)(CCl)C1C=Cc2ccccc21. The lowest BCUT2D eigenvalue weighted by molar-refractivity contribution is 0.327. The fourth-order valence-electron chi connectivity index (χ4n) is 2.47. The first-order valence-electron chi connectivity index (χ1n) is 6.17. The summed E-state index contributed by atoms with van der Waals surface area (Å²) in [5, 5.41) is 3.45. The van der Waals surface area contributed by atoms with Crippen molar-refractivity contribution in [1.82, 2.24) is 5.32 Å². The molecule has 0 saturated heterocycles. The van der Waals surface area contributed by atoms with Crippen molar-refractivity contribution < 1.29 is 0 Å². The molecule has 1 aliphatic carbocycles. The third kappa shape index (κ3) is 2.74. The van der Waals surface area contributed by atoms with Gasteiger partial charge in [-0.15, -0.1) is 11.6 Å².